The number of unbranched alkanes of at least 4 members (excludes halogenated alkanes) is 12. The van der Waals surface area contributed by atoms with Crippen molar-refractivity contribution in [3.8, 4) is 0 Å². The van der Waals surface area contributed by atoms with Crippen LogP contribution in [-0.2, 0) is 0 Å². The van der Waals surface area contributed by atoms with Gasteiger partial charge in [0.2, 0.25) is 0 Å². The van der Waals surface area contributed by atoms with E-state index in [0.717, 1.165) is 19.4 Å². The molecular formula is C20H43NO. The second kappa shape index (κ2) is 17.3. The molecule has 2 heteroatoms. The first-order valence-corrected chi connectivity index (χ1v) is 9.99. The van der Waals surface area contributed by atoms with Crippen LogP contribution >= 0.6 is 0 Å². The van der Waals surface area contributed by atoms with Gasteiger partial charge in [-0.05, 0) is 33.5 Å². The molecule has 0 saturated heterocycles. The van der Waals surface area contributed by atoms with Crippen LogP contribution < -0.4 is 0 Å². The fourth-order valence-electron chi connectivity index (χ4n) is 2.95. The minimum Gasteiger partial charge on any atom is -0.393 e. The van der Waals surface area contributed by atoms with Crippen LogP contribution in [0.5, 0.6) is 0 Å². The summed E-state index contributed by atoms with van der Waals surface area (Å²) in [4.78, 5) is 2.15. The highest BCUT2D eigenvalue weighted by atomic mass is 16.3. The van der Waals surface area contributed by atoms with Crippen LogP contribution in [0.3, 0.4) is 0 Å². The molecule has 0 rings (SSSR count). The molecule has 0 heterocycles. The van der Waals surface area contributed by atoms with Crippen molar-refractivity contribution in [3.05, 3.63) is 0 Å². The molecule has 0 aromatic heterocycles. The van der Waals surface area contributed by atoms with Gasteiger partial charge in [0.15, 0.2) is 0 Å². The van der Waals surface area contributed by atoms with Crippen LogP contribution in [0.1, 0.15) is 103 Å². The Morgan fingerprint density at radius 2 is 1.05 bits per heavy atom. The van der Waals surface area contributed by atoms with E-state index in [0.29, 0.717) is 0 Å². The normalized spacial score (nSPS) is 13.0. The number of nitrogens with zero attached hydrogens (tertiary/aromatic N) is 1. The average Bonchev–Trinajstić information content (AvgIpc) is 2.49. The molecule has 0 unspecified atom stereocenters. The summed E-state index contributed by atoms with van der Waals surface area (Å²) in [7, 11) is 4.13. The molecule has 0 bridgehead atoms. The van der Waals surface area contributed by atoms with Gasteiger partial charge in [-0.15, -0.1) is 0 Å². The lowest BCUT2D eigenvalue weighted by Gasteiger charge is -2.14. The minimum atomic E-state index is -0.0879. The van der Waals surface area contributed by atoms with Gasteiger partial charge in [-0.3, -0.25) is 0 Å². The second-order valence-corrected chi connectivity index (χ2v) is 7.28. The molecule has 0 aliphatic rings. The largest absolute Gasteiger partial charge is 0.393 e. The lowest BCUT2D eigenvalue weighted by atomic mass is 10.0. The zero-order chi connectivity index (χ0) is 16.5. The van der Waals surface area contributed by atoms with Crippen molar-refractivity contribution in [2.24, 2.45) is 0 Å². The summed E-state index contributed by atoms with van der Waals surface area (Å²) in [5, 5.41) is 9.85. The highest BCUT2D eigenvalue weighted by Gasteiger charge is 2.04. The SMILES string of the molecule is CCCCCCCCCCCCCCC[C@@H](O)CCN(C)C. The summed E-state index contributed by atoms with van der Waals surface area (Å²) >= 11 is 0. The van der Waals surface area contributed by atoms with Gasteiger partial charge >= 0.3 is 0 Å². The molecule has 0 aromatic rings. The van der Waals surface area contributed by atoms with Gasteiger partial charge in [0.05, 0.1) is 6.10 Å². The number of hydrogen-bond donors (Lipinski definition) is 1. The van der Waals surface area contributed by atoms with Crippen LogP contribution in [-0.4, -0.2) is 36.8 Å². The van der Waals surface area contributed by atoms with Gasteiger partial charge in [0, 0.05) is 0 Å². The van der Waals surface area contributed by atoms with Crippen molar-refractivity contribution in [1.82, 2.24) is 4.90 Å². The number of hydrogen-bond acceptors (Lipinski definition) is 2. The van der Waals surface area contributed by atoms with Crippen LogP contribution in [0.25, 0.3) is 0 Å². The van der Waals surface area contributed by atoms with Crippen LogP contribution in [0, 0.1) is 0 Å². The van der Waals surface area contributed by atoms with E-state index in [1.165, 1.54) is 83.5 Å². The fourth-order valence-corrected chi connectivity index (χ4v) is 2.95. The molecule has 0 amide bonds. The van der Waals surface area contributed by atoms with Gasteiger partial charge in [-0.1, -0.05) is 90.4 Å². The molecule has 0 spiro atoms. The zero-order valence-corrected chi connectivity index (χ0v) is 15.8. The maximum Gasteiger partial charge on any atom is 0.0552 e. The van der Waals surface area contributed by atoms with E-state index >= 15 is 0 Å². The van der Waals surface area contributed by atoms with Crippen LogP contribution in [0.2, 0.25) is 0 Å². The van der Waals surface area contributed by atoms with Crippen molar-refractivity contribution in [2.75, 3.05) is 20.6 Å². The highest BCUT2D eigenvalue weighted by Crippen LogP contribution is 2.13. The Morgan fingerprint density at radius 1 is 0.636 bits per heavy atom. The quantitative estimate of drug-likeness (QED) is 0.344. The van der Waals surface area contributed by atoms with Crippen LogP contribution in [0.4, 0.5) is 0 Å². The first-order valence-electron chi connectivity index (χ1n) is 9.99. The third kappa shape index (κ3) is 18.0. The van der Waals surface area contributed by atoms with Crippen LogP contribution in [0.15, 0.2) is 0 Å². The molecule has 22 heavy (non-hydrogen) atoms. The summed E-state index contributed by atoms with van der Waals surface area (Å²) < 4.78 is 0. The van der Waals surface area contributed by atoms with Gasteiger partial charge in [0.1, 0.15) is 0 Å². The van der Waals surface area contributed by atoms with Gasteiger partial charge in [0.25, 0.3) is 0 Å². The monoisotopic (exact) mass is 313 g/mol. The van der Waals surface area contributed by atoms with E-state index < -0.39 is 0 Å². The van der Waals surface area contributed by atoms with E-state index in [-0.39, 0.29) is 6.10 Å². The molecule has 1 N–H and O–H groups in total. The molecule has 0 aromatic carbocycles. The Bertz CT molecular complexity index is 206. The van der Waals surface area contributed by atoms with Crippen molar-refractivity contribution < 1.29 is 5.11 Å². The topological polar surface area (TPSA) is 23.5 Å². The predicted octanol–water partition coefficient (Wildman–Crippen LogP) is 5.78. The molecule has 0 fully saturated rings. The first-order chi connectivity index (χ1) is 10.7. The Kier molecular flexibility index (Phi) is 17.2. The summed E-state index contributed by atoms with van der Waals surface area (Å²) in [6, 6.07) is 0. The number of rotatable bonds is 17. The van der Waals surface area contributed by atoms with Crippen molar-refractivity contribution in [3.63, 3.8) is 0 Å². The molecule has 0 saturated carbocycles. The molecule has 0 aliphatic heterocycles. The van der Waals surface area contributed by atoms with Gasteiger partial charge < -0.3 is 10.0 Å². The Morgan fingerprint density at radius 3 is 1.45 bits per heavy atom. The smallest absolute Gasteiger partial charge is 0.0552 e. The summed E-state index contributed by atoms with van der Waals surface area (Å²) in [5.41, 5.74) is 0. The molecule has 1 atom stereocenters. The van der Waals surface area contributed by atoms with E-state index in [1.54, 1.807) is 0 Å². The maximum absolute atomic E-state index is 9.85. The summed E-state index contributed by atoms with van der Waals surface area (Å²) in [6.45, 7) is 3.28. The van der Waals surface area contributed by atoms with E-state index in [2.05, 4.69) is 25.9 Å². The Labute approximate surface area is 140 Å². The Hall–Kier alpha value is -0.0800. The molecule has 2 nitrogen and oxygen atoms in total. The van der Waals surface area contributed by atoms with Gasteiger partial charge in [-0.25, -0.2) is 0 Å². The third-order valence-electron chi connectivity index (χ3n) is 4.55. The fraction of sp³-hybridized carbons (Fsp3) is 1.00. The number of aliphatic hydroxyl groups excluding tert-OH is 1. The highest BCUT2D eigenvalue weighted by molar-refractivity contribution is 4.58. The van der Waals surface area contributed by atoms with E-state index in [9.17, 15) is 5.11 Å². The summed E-state index contributed by atoms with van der Waals surface area (Å²) in [6.07, 6.45) is 19.9. The maximum atomic E-state index is 9.85. The second-order valence-electron chi connectivity index (χ2n) is 7.28. The van der Waals surface area contributed by atoms with E-state index in [4.69, 9.17) is 0 Å². The predicted molar refractivity (Wildman–Crippen MR) is 99.5 cm³/mol. The van der Waals surface area contributed by atoms with Crippen molar-refractivity contribution in [2.45, 2.75) is 109 Å². The molecular weight excluding hydrogens is 270 g/mol. The minimum absolute atomic E-state index is 0.0879. The Balaban J connectivity index is 3.08. The molecule has 134 valence electrons. The lowest BCUT2D eigenvalue weighted by Crippen LogP contribution is -2.19. The summed E-state index contributed by atoms with van der Waals surface area (Å²) in [5.74, 6) is 0. The lowest BCUT2D eigenvalue weighted by molar-refractivity contribution is 0.139. The van der Waals surface area contributed by atoms with Crippen molar-refractivity contribution >= 4 is 0 Å². The van der Waals surface area contributed by atoms with E-state index in [1.807, 2.05) is 0 Å². The number of aliphatic hydroxyl groups is 1. The van der Waals surface area contributed by atoms with Crippen molar-refractivity contribution in [1.29, 1.82) is 0 Å². The molecule has 0 radical (unpaired) electrons. The zero-order valence-electron chi connectivity index (χ0n) is 15.8. The van der Waals surface area contributed by atoms with Gasteiger partial charge in [-0.2, -0.15) is 0 Å². The first kappa shape index (κ1) is 21.9. The standard InChI is InChI=1S/C20H43NO/c1-4-5-6-7-8-9-10-11-12-13-14-15-16-17-20(22)18-19-21(2)3/h20,22H,4-19H2,1-3H3/t20-/m1/s1. The molecule has 0 aliphatic carbocycles. The average molecular weight is 314 g/mol. The third-order valence-corrected chi connectivity index (χ3v) is 4.55.